The van der Waals surface area contributed by atoms with Crippen molar-refractivity contribution in [3.05, 3.63) is 123 Å². The number of hydrogen-bond acceptors (Lipinski definition) is 5. The summed E-state index contributed by atoms with van der Waals surface area (Å²) in [6.45, 7) is 5.05. The SMILES string of the molecule is COc1ccc(S(=O)(=O)N(CC(=O)N(Cc2cccc(Cl)c2)[C@H](Cc2ccccc2)C(=O)NC(C)C)c2ccc(C)cc2)cc1Br. The van der Waals surface area contributed by atoms with Crippen molar-refractivity contribution >= 4 is 55.1 Å². The van der Waals surface area contributed by atoms with Crippen LogP contribution in [0.15, 0.2) is 106 Å². The fourth-order valence-electron chi connectivity index (χ4n) is 4.94. The minimum Gasteiger partial charge on any atom is -0.496 e. The summed E-state index contributed by atoms with van der Waals surface area (Å²) in [6.07, 6.45) is 0.217. The van der Waals surface area contributed by atoms with E-state index < -0.39 is 28.5 Å². The molecule has 0 fully saturated rings. The van der Waals surface area contributed by atoms with Crippen molar-refractivity contribution in [3.8, 4) is 5.75 Å². The van der Waals surface area contributed by atoms with Crippen LogP contribution >= 0.6 is 27.5 Å². The Hall–Kier alpha value is -3.86. The van der Waals surface area contributed by atoms with Gasteiger partial charge >= 0.3 is 0 Å². The average Bonchev–Trinajstić information content (AvgIpc) is 3.02. The Bertz CT molecular complexity index is 1770. The molecule has 0 radical (unpaired) electrons. The quantitative estimate of drug-likeness (QED) is 0.164. The average molecular weight is 727 g/mol. The van der Waals surface area contributed by atoms with Crippen LogP contribution in [-0.4, -0.2) is 50.9 Å². The van der Waals surface area contributed by atoms with E-state index in [-0.39, 0.29) is 29.8 Å². The third-order valence-corrected chi connectivity index (χ3v) is 9.88. The van der Waals surface area contributed by atoms with Gasteiger partial charge in [-0.05, 0) is 90.3 Å². The Labute approximate surface area is 284 Å². The van der Waals surface area contributed by atoms with E-state index in [1.165, 1.54) is 24.1 Å². The molecule has 0 heterocycles. The molecule has 1 atom stereocenters. The lowest BCUT2D eigenvalue weighted by Gasteiger charge is -2.34. The second kappa shape index (κ2) is 15.6. The van der Waals surface area contributed by atoms with Crippen LogP contribution in [0.3, 0.4) is 0 Å². The number of rotatable bonds is 13. The monoisotopic (exact) mass is 725 g/mol. The van der Waals surface area contributed by atoms with Gasteiger partial charge in [-0.25, -0.2) is 8.42 Å². The highest BCUT2D eigenvalue weighted by Crippen LogP contribution is 2.31. The first-order valence-corrected chi connectivity index (χ1v) is 17.3. The number of anilines is 1. The van der Waals surface area contributed by atoms with Crippen molar-refractivity contribution < 1.29 is 22.7 Å². The van der Waals surface area contributed by atoms with Crippen LogP contribution in [0.1, 0.15) is 30.5 Å². The van der Waals surface area contributed by atoms with Crippen LogP contribution in [-0.2, 0) is 32.6 Å². The van der Waals surface area contributed by atoms with Gasteiger partial charge in [-0.3, -0.25) is 13.9 Å². The minimum absolute atomic E-state index is 0.0261. The van der Waals surface area contributed by atoms with Gasteiger partial charge in [0.05, 0.1) is 22.2 Å². The standard InChI is InChI=1S/C35H37BrClN3O5S/c1-24(2)38-35(42)32(20-26-9-6-5-7-10-26)39(22-27-11-8-12-28(37)19-27)34(41)23-40(29-15-13-25(3)14-16-29)46(43,44)30-17-18-33(45-4)31(36)21-30/h5-19,21,24,32H,20,22-23H2,1-4H3,(H,38,42)/t32-/m1/s1. The minimum atomic E-state index is -4.27. The van der Waals surface area contributed by atoms with Gasteiger partial charge in [-0.15, -0.1) is 0 Å². The van der Waals surface area contributed by atoms with E-state index >= 15 is 0 Å². The molecule has 0 aromatic heterocycles. The lowest BCUT2D eigenvalue weighted by atomic mass is 10.0. The molecule has 0 spiro atoms. The van der Waals surface area contributed by atoms with Gasteiger partial charge in [-0.2, -0.15) is 0 Å². The predicted molar refractivity (Wildman–Crippen MR) is 186 cm³/mol. The number of sulfonamides is 1. The summed E-state index contributed by atoms with van der Waals surface area (Å²) in [5.74, 6) is -0.445. The molecule has 0 unspecified atom stereocenters. The highest BCUT2D eigenvalue weighted by Gasteiger charge is 2.35. The first-order valence-electron chi connectivity index (χ1n) is 14.7. The molecule has 46 heavy (non-hydrogen) atoms. The third-order valence-electron chi connectivity index (χ3n) is 7.26. The Morgan fingerprint density at radius 1 is 0.913 bits per heavy atom. The largest absolute Gasteiger partial charge is 0.496 e. The highest BCUT2D eigenvalue weighted by atomic mass is 79.9. The van der Waals surface area contributed by atoms with E-state index in [0.717, 1.165) is 15.4 Å². The smallest absolute Gasteiger partial charge is 0.264 e. The number of methoxy groups -OCH3 is 1. The molecule has 1 N–H and O–H groups in total. The lowest BCUT2D eigenvalue weighted by molar-refractivity contribution is -0.140. The van der Waals surface area contributed by atoms with E-state index in [2.05, 4.69) is 21.2 Å². The van der Waals surface area contributed by atoms with E-state index in [9.17, 15) is 18.0 Å². The van der Waals surface area contributed by atoms with Crippen LogP contribution in [0.25, 0.3) is 0 Å². The van der Waals surface area contributed by atoms with Crippen molar-refractivity contribution in [1.82, 2.24) is 10.2 Å². The zero-order valence-electron chi connectivity index (χ0n) is 26.1. The van der Waals surface area contributed by atoms with Crippen LogP contribution in [0.4, 0.5) is 5.69 Å². The number of benzene rings is 4. The van der Waals surface area contributed by atoms with Crippen molar-refractivity contribution in [2.75, 3.05) is 18.0 Å². The molecule has 4 aromatic rings. The van der Waals surface area contributed by atoms with E-state index in [0.29, 0.717) is 26.5 Å². The van der Waals surface area contributed by atoms with Gasteiger partial charge in [0.15, 0.2) is 0 Å². The molecule has 0 aliphatic heterocycles. The van der Waals surface area contributed by atoms with Gasteiger partial charge in [0.2, 0.25) is 11.8 Å². The number of nitrogens with one attached hydrogen (secondary N) is 1. The number of amides is 2. The van der Waals surface area contributed by atoms with E-state index in [4.69, 9.17) is 16.3 Å². The molecule has 2 amide bonds. The molecule has 0 saturated heterocycles. The van der Waals surface area contributed by atoms with Crippen LogP contribution in [0.5, 0.6) is 5.75 Å². The van der Waals surface area contributed by atoms with Crippen LogP contribution in [0.2, 0.25) is 5.02 Å². The maximum atomic E-state index is 14.5. The maximum Gasteiger partial charge on any atom is 0.264 e. The number of carbonyl (C=O) groups is 2. The summed E-state index contributed by atoms with van der Waals surface area (Å²) in [4.78, 5) is 29.7. The summed E-state index contributed by atoms with van der Waals surface area (Å²) >= 11 is 9.68. The normalized spacial score (nSPS) is 12.0. The van der Waals surface area contributed by atoms with Gasteiger partial charge in [-0.1, -0.05) is 71.8 Å². The van der Waals surface area contributed by atoms with Crippen LogP contribution in [0, 0.1) is 6.92 Å². The Kier molecular flexibility index (Phi) is 11.9. The Morgan fingerprint density at radius 2 is 1.59 bits per heavy atom. The number of nitrogens with zero attached hydrogens (tertiary/aromatic N) is 2. The molecule has 0 aliphatic rings. The van der Waals surface area contributed by atoms with Crippen molar-refractivity contribution in [3.63, 3.8) is 0 Å². The topological polar surface area (TPSA) is 96.0 Å². The number of carbonyl (C=O) groups excluding carboxylic acids is 2. The van der Waals surface area contributed by atoms with Gasteiger partial charge in [0.25, 0.3) is 10.0 Å². The van der Waals surface area contributed by atoms with Crippen molar-refractivity contribution in [1.29, 1.82) is 0 Å². The molecule has 0 saturated carbocycles. The first-order chi connectivity index (χ1) is 21.9. The molecule has 8 nitrogen and oxygen atoms in total. The fraction of sp³-hybridized carbons (Fsp3) is 0.257. The molecule has 11 heteroatoms. The van der Waals surface area contributed by atoms with Crippen LogP contribution < -0.4 is 14.4 Å². The summed E-state index contributed by atoms with van der Waals surface area (Å²) in [5.41, 5.74) is 2.77. The second-order valence-corrected chi connectivity index (χ2v) is 14.3. The van der Waals surface area contributed by atoms with E-state index in [1.54, 1.807) is 48.5 Å². The number of ether oxygens (including phenoxy) is 1. The predicted octanol–water partition coefficient (Wildman–Crippen LogP) is 6.78. The van der Waals surface area contributed by atoms with Gasteiger partial charge in [0.1, 0.15) is 18.3 Å². The zero-order chi connectivity index (χ0) is 33.4. The molecular weight excluding hydrogens is 690 g/mol. The van der Waals surface area contributed by atoms with Gasteiger partial charge in [0, 0.05) is 24.0 Å². The van der Waals surface area contributed by atoms with Gasteiger partial charge < -0.3 is 15.0 Å². The van der Waals surface area contributed by atoms with Crippen molar-refractivity contribution in [2.45, 2.75) is 50.7 Å². The third kappa shape index (κ3) is 8.90. The summed E-state index contributed by atoms with van der Waals surface area (Å²) in [6, 6.07) is 26.6. The molecule has 4 rings (SSSR count). The number of hydrogen-bond donors (Lipinski definition) is 1. The second-order valence-electron chi connectivity index (χ2n) is 11.2. The number of aryl methyl sites for hydroxylation is 1. The fourth-order valence-corrected chi connectivity index (χ4v) is 7.29. The molecule has 0 bridgehead atoms. The molecule has 242 valence electrons. The first kappa shape index (κ1) is 35.0. The molecular formula is C35H37BrClN3O5S. The lowest BCUT2D eigenvalue weighted by Crippen LogP contribution is -2.54. The number of halogens is 2. The maximum absolute atomic E-state index is 14.5. The summed E-state index contributed by atoms with van der Waals surface area (Å²) in [5, 5.41) is 3.43. The highest BCUT2D eigenvalue weighted by molar-refractivity contribution is 9.10. The Balaban J connectivity index is 1.82. The zero-order valence-corrected chi connectivity index (χ0v) is 29.3. The Morgan fingerprint density at radius 3 is 2.20 bits per heavy atom. The van der Waals surface area contributed by atoms with Crippen molar-refractivity contribution in [2.24, 2.45) is 0 Å². The summed E-state index contributed by atoms with van der Waals surface area (Å²) < 4.78 is 35.4. The molecule has 0 aliphatic carbocycles. The molecule has 4 aromatic carbocycles. The van der Waals surface area contributed by atoms with E-state index in [1.807, 2.05) is 57.2 Å². The summed E-state index contributed by atoms with van der Waals surface area (Å²) in [7, 11) is -2.78.